The van der Waals surface area contributed by atoms with Gasteiger partial charge in [0, 0.05) is 0 Å². The number of benzene rings is 1. The van der Waals surface area contributed by atoms with Gasteiger partial charge in [0.25, 0.3) is 0 Å². The van der Waals surface area contributed by atoms with E-state index in [2.05, 4.69) is 0 Å². The van der Waals surface area contributed by atoms with Gasteiger partial charge < -0.3 is 4.74 Å². The Balaban J connectivity index is 3.12. The zero-order chi connectivity index (χ0) is 9.68. The van der Waals surface area contributed by atoms with Crippen LogP contribution in [0.1, 0.15) is 11.1 Å². The molecule has 0 bridgehead atoms. The molecule has 0 heterocycles. The van der Waals surface area contributed by atoms with Crippen molar-refractivity contribution < 1.29 is 9.53 Å². The van der Waals surface area contributed by atoms with Crippen LogP contribution in [0.5, 0.6) is 0 Å². The minimum atomic E-state index is 0.445. The number of hydrogen-bond donors (Lipinski definition) is 0. The van der Waals surface area contributed by atoms with Crippen molar-refractivity contribution in [3.05, 3.63) is 41.7 Å². The second-order valence-corrected chi connectivity index (χ2v) is 2.68. The highest BCUT2D eigenvalue weighted by Crippen LogP contribution is 2.16. The summed E-state index contributed by atoms with van der Waals surface area (Å²) in [6.45, 7) is 1.94. The van der Waals surface area contributed by atoms with Gasteiger partial charge >= 0.3 is 0 Å². The maximum atomic E-state index is 10.6. The fraction of sp³-hybridized carbons (Fsp3) is 0.182. The molecule has 2 nitrogen and oxygen atoms in total. The summed E-state index contributed by atoms with van der Waals surface area (Å²) >= 11 is 0. The standard InChI is InChI=1S/C11H11O2/c1-9-5-3-4-6-11(9)10(7-12)8-13-2/h3-6,8H,1-2H3. The molecule has 13 heavy (non-hydrogen) atoms. The topological polar surface area (TPSA) is 26.3 Å². The molecular formula is C11H11O2. The zero-order valence-corrected chi connectivity index (χ0v) is 7.70. The number of allylic oxidation sites excluding steroid dienone is 1. The fourth-order valence-corrected chi connectivity index (χ4v) is 1.14. The van der Waals surface area contributed by atoms with Crippen LogP contribution in [0, 0.1) is 6.92 Å². The van der Waals surface area contributed by atoms with Gasteiger partial charge in [-0.3, -0.25) is 4.79 Å². The smallest absolute Gasteiger partial charge is 0.237 e. The monoisotopic (exact) mass is 175 g/mol. The van der Waals surface area contributed by atoms with Crippen molar-refractivity contribution in [1.82, 2.24) is 0 Å². The first-order valence-electron chi connectivity index (χ1n) is 3.96. The first-order chi connectivity index (χ1) is 6.29. The summed E-state index contributed by atoms with van der Waals surface area (Å²) in [5.41, 5.74) is 2.34. The molecule has 2 heteroatoms. The highest BCUT2D eigenvalue weighted by molar-refractivity contribution is 6.07. The lowest BCUT2D eigenvalue weighted by Gasteiger charge is -2.02. The third-order valence-electron chi connectivity index (χ3n) is 1.78. The van der Waals surface area contributed by atoms with Crippen LogP contribution in [0.4, 0.5) is 0 Å². The van der Waals surface area contributed by atoms with Crippen LogP contribution in [0.15, 0.2) is 30.5 Å². The predicted molar refractivity (Wildman–Crippen MR) is 51.9 cm³/mol. The van der Waals surface area contributed by atoms with Gasteiger partial charge in [0.15, 0.2) is 0 Å². The van der Waals surface area contributed by atoms with Crippen molar-refractivity contribution in [2.45, 2.75) is 6.92 Å². The average molecular weight is 175 g/mol. The number of methoxy groups -OCH3 is 1. The quantitative estimate of drug-likeness (QED) is 0.519. The summed E-state index contributed by atoms with van der Waals surface area (Å²) in [6, 6.07) is 7.61. The van der Waals surface area contributed by atoms with E-state index < -0.39 is 0 Å². The lowest BCUT2D eigenvalue weighted by Crippen LogP contribution is -1.90. The third kappa shape index (κ3) is 2.18. The second-order valence-electron chi connectivity index (χ2n) is 2.68. The molecular weight excluding hydrogens is 164 g/mol. The maximum absolute atomic E-state index is 10.6. The van der Waals surface area contributed by atoms with Crippen molar-refractivity contribution >= 4 is 11.9 Å². The SMILES string of the molecule is COC=C([C]=O)c1ccccc1C. The molecule has 1 aromatic rings. The molecule has 1 aromatic carbocycles. The lowest BCUT2D eigenvalue weighted by molar-refractivity contribution is 0.340. The fourth-order valence-electron chi connectivity index (χ4n) is 1.14. The summed E-state index contributed by atoms with van der Waals surface area (Å²) in [7, 11) is 1.51. The van der Waals surface area contributed by atoms with E-state index in [4.69, 9.17) is 4.74 Å². The van der Waals surface area contributed by atoms with E-state index >= 15 is 0 Å². The van der Waals surface area contributed by atoms with E-state index in [-0.39, 0.29) is 0 Å². The number of carbonyl (C=O) groups excluding carboxylic acids is 1. The molecule has 0 aliphatic rings. The van der Waals surface area contributed by atoms with Gasteiger partial charge in [0.05, 0.1) is 18.9 Å². The Morgan fingerprint density at radius 3 is 2.69 bits per heavy atom. The first kappa shape index (κ1) is 9.52. The Hall–Kier alpha value is -1.57. The van der Waals surface area contributed by atoms with Crippen molar-refractivity contribution in [1.29, 1.82) is 0 Å². The van der Waals surface area contributed by atoms with Crippen molar-refractivity contribution in [3.8, 4) is 0 Å². The molecule has 0 aromatic heterocycles. The summed E-state index contributed by atoms with van der Waals surface area (Å²) in [4.78, 5) is 10.6. The van der Waals surface area contributed by atoms with E-state index in [1.807, 2.05) is 37.5 Å². The maximum Gasteiger partial charge on any atom is 0.237 e. The highest BCUT2D eigenvalue weighted by Gasteiger charge is 2.03. The van der Waals surface area contributed by atoms with Crippen LogP contribution in [0.2, 0.25) is 0 Å². The van der Waals surface area contributed by atoms with Gasteiger partial charge in [-0.25, -0.2) is 0 Å². The molecule has 0 saturated heterocycles. The van der Waals surface area contributed by atoms with Gasteiger partial charge in [-0.15, -0.1) is 0 Å². The molecule has 0 atom stereocenters. The Labute approximate surface area is 77.8 Å². The molecule has 0 saturated carbocycles. The normalized spacial score (nSPS) is 11.1. The van der Waals surface area contributed by atoms with Gasteiger partial charge in [0.1, 0.15) is 0 Å². The molecule has 1 rings (SSSR count). The Morgan fingerprint density at radius 2 is 2.15 bits per heavy atom. The largest absolute Gasteiger partial charge is 0.504 e. The van der Waals surface area contributed by atoms with Crippen molar-refractivity contribution in [2.24, 2.45) is 0 Å². The Kier molecular flexibility index (Phi) is 3.26. The van der Waals surface area contributed by atoms with Crippen LogP contribution < -0.4 is 0 Å². The molecule has 67 valence electrons. The van der Waals surface area contributed by atoms with Crippen molar-refractivity contribution in [3.63, 3.8) is 0 Å². The summed E-state index contributed by atoms with van der Waals surface area (Å²) in [5.74, 6) is 0. The minimum absolute atomic E-state index is 0.445. The molecule has 0 fully saturated rings. The van der Waals surface area contributed by atoms with Gasteiger partial charge in [-0.2, -0.15) is 0 Å². The second kappa shape index (κ2) is 4.45. The molecule has 0 aliphatic heterocycles. The van der Waals surface area contributed by atoms with Gasteiger partial charge in [0.2, 0.25) is 6.29 Å². The van der Waals surface area contributed by atoms with Crippen LogP contribution in [0.25, 0.3) is 5.57 Å². The summed E-state index contributed by atoms with van der Waals surface area (Å²) < 4.78 is 4.78. The van der Waals surface area contributed by atoms with Crippen LogP contribution in [-0.2, 0) is 9.53 Å². The predicted octanol–water partition coefficient (Wildman–Crippen LogP) is 2.09. The number of hydrogen-bond acceptors (Lipinski definition) is 2. The number of ether oxygens (including phenoxy) is 1. The van der Waals surface area contributed by atoms with Gasteiger partial charge in [-0.1, -0.05) is 24.3 Å². The number of rotatable bonds is 3. The molecule has 0 aliphatic carbocycles. The van der Waals surface area contributed by atoms with Gasteiger partial charge in [-0.05, 0) is 18.1 Å². The molecule has 0 amide bonds. The van der Waals surface area contributed by atoms with E-state index in [1.165, 1.54) is 13.4 Å². The molecule has 1 radical (unpaired) electrons. The zero-order valence-electron chi connectivity index (χ0n) is 7.70. The Bertz CT molecular complexity index is 327. The minimum Gasteiger partial charge on any atom is -0.504 e. The third-order valence-corrected chi connectivity index (χ3v) is 1.78. The Morgan fingerprint density at radius 1 is 1.46 bits per heavy atom. The van der Waals surface area contributed by atoms with E-state index in [9.17, 15) is 4.79 Å². The van der Waals surface area contributed by atoms with E-state index in [1.54, 1.807) is 0 Å². The van der Waals surface area contributed by atoms with Crippen LogP contribution >= 0.6 is 0 Å². The molecule has 0 spiro atoms. The molecule has 0 N–H and O–H groups in total. The summed E-state index contributed by atoms with van der Waals surface area (Å²) in [5, 5.41) is 0. The highest BCUT2D eigenvalue weighted by atomic mass is 16.5. The van der Waals surface area contributed by atoms with Crippen LogP contribution in [-0.4, -0.2) is 13.4 Å². The van der Waals surface area contributed by atoms with E-state index in [0.717, 1.165) is 11.1 Å². The number of aryl methyl sites for hydroxylation is 1. The first-order valence-corrected chi connectivity index (χ1v) is 3.96. The average Bonchev–Trinajstić information content (AvgIpc) is 2.16. The molecule has 0 unspecified atom stereocenters. The lowest BCUT2D eigenvalue weighted by atomic mass is 10.0. The van der Waals surface area contributed by atoms with Crippen LogP contribution in [0.3, 0.4) is 0 Å². The van der Waals surface area contributed by atoms with Crippen molar-refractivity contribution in [2.75, 3.05) is 7.11 Å². The summed E-state index contributed by atoms with van der Waals surface area (Å²) in [6.07, 6.45) is 3.24. The van der Waals surface area contributed by atoms with E-state index in [0.29, 0.717) is 5.57 Å².